The highest BCUT2D eigenvalue weighted by Gasteiger charge is 2.44. The Labute approximate surface area is 121 Å². The molecule has 0 radical (unpaired) electrons. The maximum Gasteiger partial charge on any atom is 0.227 e. The van der Waals surface area contributed by atoms with Gasteiger partial charge in [0.1, 0.15) is 0 Å². The molecule has 1 saturated heterocycles. The molecule has 20 heavy (non-hydrogen) atoms. The van der Waals surface area contributed by atoms with E-state index in [2.05, 4.69) is 5.32 Å². The fourth-order valence-electron chi connectivity index (χ4n) is 3.44. The number of nitrogens with two attached hydrogens (primary N) is 1. The van der Waals surface area contributed by atoms with Crippen LogP contribution < -0.4 is 11.1 Å². The van der Waals surface area contributed by atoms with Crippen LogP contribution in [0.25, 0.3) is 0 Å². The lowest BCUT2D eigenvalue weighted by atomic mass is 9.78. The number of carbonyl (C=O) groups is 1. The van der Waals surface area contributed by atoms with Crippen LogP contribution in [-0.2, 0) is 14.6 Å². The average Bonchev–Trinajstić information content (AvgIpc) is 2.58. The Morgan fingerprint density at radius 2 is 1.75 bits per heavy atom. The number of carbonyl (C=O) groups excluding carboxylic acids is 1. The van der Waals surface area contributed by atoms with Crippen molar-refractivity contribution in [3.8, 4) is 0 Å². The van der Waals surface area contributed by atoms with Crippen molar-refractivity contribution < 1.29 is 13.2 Å². The van der Waals surface area contributed by atoms with Crippen molar-refractivity contribution in [3.05, 3.63) is 0 Å². The van der Waals surface area contributed by atoms with Crippen molar-refractivity contribution in [1.82, 2.24) is 5.32 Å². The van der Waals surface area contributed by atoms with Gasteiger partial charge in [-0.25, -0.2) is 8.42 Å². The maximum atomic E-state index is 12.7. The summed E-state index contributed by atoms with van der Waals surface area (Å²) in [6.45, 7) is 2.18. The second-order valence-corrected chi connectivity index (χ2v) is 8.94. The number of hydrogen-bond acceptors (Lipinski definition) is 4. The maximum absolute atomic E-state index is 12.7. The van der Waals surface area contributed by atoms with Gasteiger partial charge in [-0.2, -0.15) is 0 Å². The van der Waals surface area contributed by atoms with Gasteiger partial charge in [0, 0.05) is 6.54 Å². The third-order valence-corrected chi connectivity index (χ3v) is 6.75. The van der Waals surface area contributed by atoms with Crippen LogP contribution in [0.5, 0.6) is 0 Å². The second kappa shape index (κ2) is 5.64. The molecule has 0 aromatic carbocycles. The number of hydrogen-bond donors (Lipinski definition) is 2. The van der Waals surface area contributed by atoms with E-state index >= 15 is 0 Å². The Hall–Kier alpha value is -0.620. The van der Waals surface area contributed by atoms with Crippen molar-refractivity contribution in [2.75, 3.05) is 18.1 Å². The number of nitrogens with one attached hydrogen (secondary N) is 1. The summed E-state index contributed by atoms with van der Waals surface area (Å²) in [7, 11) is -3.01. The molecule has 3 N–H and O–H groups in total. The summed E-state index contributed by atoms with van der Waals surface area (Å²) in [5.41, 5.74) is 4.79. The van der Waals surface area contributed by atoms with Crippen LogP contribution in [0.1, 0.15) is 51.9 Å². The van der Waals surface area contributed by atoms with Crippen molar-refractivity contribution in [2.45, 2.75) is 57.4 Å². The van der Waals surface area contributed by atoms with Crippen LogP contribution >= 0.6 is 0 Å². The van der Waals surface area contributed by atoms with Crippen LogP contribution in [0.3, 0.4) is 0 Å². The van der Waals surface area contributed by atoms with E-state index in [-0.39, 0.29) is 17.4 Å². The summed E-state index contributed by atoms with van der Waals surface area (Å²) in [4.78, 5) is 12.7. The zero-order valence-electron chi connectivity index (χ0n) is 12.3. The van der Waals surface area contributed by atoms with E-state index in [4.69, 9.17) is 5.73 Å². The molecule has 2 aliphatic rings. The SMILES string of the molecule is CC1(NC(=O)C2(CN)CCCCCC2)CCS(=O)(=O)C1. The minimum absolute atomic E-state index is 0.0403. The molecule has 1 unspecified atom stereocenters. The molecule has 1 amide bonds. The van der Waals surface area contributed by atoms with Crippen molar-refractivity contribution in [1.29, 1.82) is 0 Å². The van der Waals surface area contributed by atoms with Gasteiger partial charge in [0.05, 0.1) is 22.5 Å². The highest BCUT2D eigenvalue weighted by Crippen LogP contribution is 2.35. The Bertz CT molecular complexity index is 467. The van der Waals surface area contributed by atoms with E-state index in [1.165, 1.54) is 0 Å². The predicted octanol–water partition coefficient (Wildman–Crippen LogP) is 0.979. The van der Waals surface area contributed by atoms with Gasteiger partial charge in [-0.15, -0.1) is 0 Å². The van der Waals surface area contributed by atoms with Gasteiger partial charge in [-0.3, -0.25) is 4.79 Å². The average molecular weight is 302 g/mol. The minimum atomic E-state index is -3.01. The molecule has 1 saturated carbocycles. The molecule has 1 atom stereocenters. The quantitative estimate of drug-likeness (QED) is 0.761. The lowest BCUT2D eigenvalue weighted by Crippen LogP contribution is -2.54. The lowest BCUT2D eigenvalue weighted by Gasteiger charge is -2.34. The second-order valence-electron chi connectivity index (χ2n) is 6.76. The van der Waals surface area contributed by atoms with Crippen LogP contribution in [-0.4, -0.2) is 37.9 Å². The first kappa shape index (κ1) is 15.8. The summed E-state index contributed by atoms with van der Waals surface area (Å²) in [5.74, 6) is 0.174. The Morgan fingerprint density at radius 1 is 1.15 bits per heavy atom. The molecular weight excluding hydrogens is 276 g/mol. The van der Waals surface area contributed by atoms with Crippen molar-refractivity contribution in [2.24, 2.45) is 11.1 Å². The van der Waals surface area contributed by atoms with Crippen molar-refractivity contribution in [3.63, 3.8) is 0 Å². The fraction of sp³-hybridized carbons (Fsp3) is 0.929. The first-order valence-electron chi connectivity index (χ1n) is 7.54. The van der Waals surface area contributed by atoms with Gasteiger partial charge >= 0.3 is 0 Å². The normalized spacial score (nSPS) is 32.5. The van der Waals surface area contributed by atoms with Crippen LogP contribution in [0.4, 0.5) is 0 Å². The summed E-state index contributed by atoms with van der Waals surface area (Å²) >= 11 is 0. The number of sulfone groups is 1. The van der Waals surface area contributed by atoms with Gasteiger partial charge in [0.15, 0.2) is 9.84 Å². The molecule has 0 bridgehead atoms. The van der Waals surface area contributed by atoms with E-state index in [0.29, 0.717) is 13.0 Å². The van der Waals surface area contributed by atoms with E-state index < -0.39 is 20.8 Å². The molecule has 6 heteroatoms. The van der Waals surface area contributed by atoms with Gasteiger partial charge in [-0.05, 0) is 26.2 Å². The van der Waals surface area contributed by atoms with Crippen LogP contribution in [0, 0.1) is 5.41 Å². The molecule has 1 heterocycles. The van der Waals surface area contributed by atoms with Gasteiger partial charge < -0.3 is 11.1 Å². The van der Waals surface area contributed by atoms with E-state index in [0.717, 1.165) is 38.5 Å². The Kier molecular flexibility index (Phi) is 4.44. The summed E-state index contributed by atoms with van der Waals surface area (Å²) in [6.07, 6.45) is 6.50. The highest BCUT2D eigenvalue weighted by atomic mass is 32.2. The molecule has 0 aromatic rings. The van der Waals surface area contributed by atoms with E-state index in [1.54, 1.807) is 0 Å². The molecule has 5 nitrogen and oxygen atoms in total. The first-order chi connectivity index (χ1) is 9.31. The zero-order valence-corrected chi connectivity index (χ0v) is 13.1. The van der Waals surface area contributed by atoms with Crippen LogP contribution in [0.15, 0.2) is 0 Å². The summed E-state index contributed by atoms with van der Waals surface area (Å²) < 4.78 is 23.3. The summed E-state index contributed by atoms with van der Waals surface area (Å²) in [6, 6.07) is 0. The van der Waals surface area contributed by atoms with Crippen molar-refractivity contribution >= 4 is 15.7 Å². The largest absolute Gasteiger partial charge is 0.349 e. The summed E-state index contributed by atoms with van der Waals surface area (Å²) in [5, 5.41) is 3.00. The number of rotatable bonds is 3. The zero-order chi connectivity index (χ0) is 14.9. The van der Waals surface area contributed by atoms with Gasteiger partial charge in [-0.1, -0.05) is 25.7 Å². The molecule has 2 fully saturated rings. The fourth-order valence-corrected chi connectivity index (χ4v) is 5.54. The lowest BCUT2D eigenvalue weighted by molar-refractivity contribution is -0.133. The van der Waals surface area contributed by atoms with Crippen LogP contribution in [0.2, 0.25) is 0 Å². The molecule has 1 aliphatic carbocycles. The molecular formula is C14H26N2O3S. The predicted molar refractivity (Wildman–Crippen MR) is 79.0 cm³/mol. The topological polar surface area (TPSA) is 89.3 Å². The van der Waals surface area contributed by atoms with Gasteiger partial charge in [0.2, 0.25) is 5.91 Å². The molecule has 2 rings (SSSR count). The Balaban J connectivity index is 2.09. The third-order valence-electron chi connectivity index (χ3n) is 4.85. The molecule has 0 aromatic heterocycles. The van der Waals surface area contributed by atoms with E-state index in [9.17, 15) is 13.2 Å². The monoisotopic (exact) mass is 302 g/mol. The number of amides is 1. The van der Waals surface area contributed by atoms with E-state index in [1.807, 2.05) is 6.92 Å². The molecule has 116 valence electrons. The first-order valence-corrected chi connectivity index (χ1v) is 9.36. The third kappa shape index (κ3) is 3.34. The highest BCUT2D eigenvalue weighted by molar-refractivity contribution is 7.91. The standard InChI is InChI=1S/C14H26N2O3S/c1-13(8-9-20(18,19)11-13)16-12(17)14(10-15)6-4-2-3-5-7-14/h2-11,15H2,1H3,(H,16,17). The minimum Gasteiger partial charge on any atom is -0.349 e. The smallest absolute Gasteiger partial charge is 0.227 e. The van der Waals surface area contributed by atoms with Gasteiger partial charge in [0.25, 0.3) is 0 Å². The molecule has 1 aliphatic heterocycles. The molecule has 0 spiro atoms. The Morgan fingerprint density at radius 3 is 2.20 bits per heavy atom.